The first-order valence-corrected chi connectivity index (χ1v) is 11.0. The number of benzene rings is 2. The number of esters is 1. The van der Waals surface area contributed by atoms with Crippen molar-refractivity contribution >= 4 is 21.7 Å². The zero-order valence-electron chi connectivity index (χ0n) is 16.1. The van der Waals surface area contributed by atoms with E-state index in [0.29, 0.717) is 19.4 Å². The number of rotatable bonds is 5. The predicted molar refractivity (Wildman–Crippen MR) is 107 cm³/mol. The van der Waals surface area contributed by atoms with Crippen LogP contribution in [0.5, 0.6) is 0 Å². The van der Waals surface area contributed by atoms with E-state index >= 15 is 0 Å². The fraction of sp³-hybridized carbons (Fsp3) is 0.333. The standard InChI is InChI=1S/C21H23NO5S/c1-4-5-20(23)27-21-19(13-26-22-21)18-12-16(7-6-14(18)2)15-8-10-17(11-9-15)28(3,24)25/h6-12,19H,4-5,13H2,1-3H3. The van der Waals surface area contributed by atoms with E-state index in [-0.39, 0.29) is 22.7 Å². The summed E-state index contributed by atoms with van der Waals surface area (Å²) in [6.07, 6.45) is 2.22. The summed E-state index contributed by atoms with van der Waals surface area (Å²) in [5.41, 5.74) is 3.83. The van der Waals surface area contributed by atoms with Crippen molar-refractivity contribution in [3.8, 4) is 11.1 Å². The number of sulfone groups is 1. The van der Waals surface area contributed by atoms with Gasteiger partial charge in [-0.2, -0.15) is 0 Å². The molecule has 2 aromatic carbocycles. The smallest absolute Gasteiger partial charge is 0.312 e. The van der Waals surface area contributed by atoms with Crippen molar-refractivity contribution in [3.63, 3.8) is 0 Å². The predicted octanol–water partition coefficient (Wildman–Crippen LogP) is 3.84. The van der Waals surface area contributed by atoms with E-state index < -0.39 is 9.84 Å². The van der Waals surface area contributed by atoms with Crippen LogP contribution < -0.4 is 0 Å². The highest BCUT2D eigenvalue weighted by atomic mass is 32.2. The summed E-state index contributed by atoms with van der Waals surface area (Å²) in [5, 5.41) is 3.90. The lowest BCUT2D eigenvalue weighted by Crippen LogP contribution is -2.19. The molecule has 3 rings (SSSR count). The maximum Gasteiger partial charge on any atom is 0.312 e. The van der Waals surface area contributed by atoms with Crippen LogP contribution in [0.15, 0.2) is 52.5 Å². The summed E-state index contributed by atoms with van der Waals surface area (Å²) in [5.74, 6) is -0.288. The summed E-state index contributed by atoms with van der Waals surface area (Å²) < 4.78 is 28.7. The van der Waals surface area contributed by atoms with Crippen molar-refractivity contribution in [3.05, 3.63) is 53.6 Å². The number of aryl methyl sites for hydroxylation is 1. The Bertz CT molecular complexity index is 1010. The van der Waals surface area contributed by atoms with Crippen LogP contribution in [0.1, 0.15) is 36.8 Å². The molecule has 0 amide bonds. The van der Waals surface area contributed by atoms with E-state index in [1.54, 1.807) is 24.3 Å². The molecule has 0 N–H and O–H groups in total. The highest BCUT2D eigenvalue weighted by Crippen LogP contribution is 2.31. The first-order chi connectivity index (χ1) is 13.3. The molecule has 28 heavy (non-hydrogen) atoms. The van der Waals surface area contributed by atoms with Gasteiger partial charge < -0.3 is 9.57 Å². The number of hydrogen-bond donors (Lipinski definition) is 0. The molecule has 148 valence electrons. The molecule has 0 saturated carbocycles. The van der Waals surface area contributed by atoms with Crippen LogP contribution in [0.4, 0.5) is 0 Å². The van der Waals surface area contributed by atoms with Crippen molar-refractivity contribution in [2.75, 3.05) is 12.9 Å². The zero-order valence-corrected chi connectivity index (χ0v) is 17.0. The minimum atomic E-state index is -3.23. The van der Waals surface area contributed by atoms with Crippen LogP contribution >= 0.6 is 0 Å². The third-order valence-electron chi connectivity index (χ3n) is 4.64. The molecule has 0 radical (unpaired) electrons. The Morgan fingerprint density at radius 3 is 2.50 bits per heavy atom. The molecular weight excluding hydrogens is 378 g/mol. The van der Waals surface area contributed by atoms with E-state index in [1.165, 1.54) is 6.26 Å². The van der Waals surface area contributed by atoms with Gasteiger partial charge in [-0.3, -0.25) is 4.79 Å². The normalized spacial score (nSPS) is 16.4. The van der Waals surface area contributed by atoms with Gasteiger partial charge in [-0.1, -0.05) is 36.3 Å². The third-order valence-corrected chi connectivity index (χ3v) is 5.77. The zero-order chi connectivity index (χ0) is 20.3. The second kappa shape index (κ2) is 8.14. The lowest BCUT2D eigenvalue weighted by Gasteiger charge is -2.15. The SMILES string of the molecule is CCCC(=O)OC1=NOCC1c1cc(-c2ccc(S(C)(=O)=O)cc2)ccc1C. The molecule has 1 aliphatic rings. The summed E-state index contributed by atoms with van der Waals surface area (Å²) in [7, 11) is -3.23. The Kier molecular flexibility index (Phi) is 5.84. The number of nitrogens with zero attached hydrogens (tertiary/aromatic N) is 1. The Hall–Kier alpha value is -2.67. The Morgan fingerprint density at radius 2 is 1.86 bits per heavy atom. The molecule has 2 aromatic rings. The highest BCUT2D eigenvalue weighted by molar-refractivity contribution is 7.90. The van der Waals surface area contributed by atoms with Gasteiger partial charge in [0.25, 0.3) is 0 Å². The minimum Gasteiger partial charge on any atom is -0.407 e. The van der Waals surface area contributed by atoms with E-state index in [0.717, 1.165) is 22.3 Å². The van der Waals surface area contributed by atoms with Crippen LogP contribution in [0.2, 0.25) is 0 Å². The maximum absolute atomic E-state index is 11.9. The van der Waals surface area contributed by atoms with Gasteiger partial charge in [0.05, 0.1) is 4.90 Å². The van der Waals surface area contributed by atoms with Gasteiger partial charge in [-0.05, 0) is 53.8 Å². The summed E-state index contributed by atoms with van der Waals surface area (Å²) in [6.45, 7) is 4.20. The van der Waals surface area contributed by atoms with E-state index in [9.17, 15) is 13.2 Å². The lowest BCUT2D eigenvalue weighted by atomic mass is 9.91. The molecule has 0 bridgehead atoms. The Labute approximate surface area is 165 Å². The van der Waals surface area contributed by atoms with Crippen molar-refractivity contribution in [1.29, 1.82) is 0 Å². The summed E-state index contributed by atoms with van der Waals surface area (Å²) in [4.78, 5) is 17.3. The van der Waals surface area contributed by atoms with E-state index in [1.807, 2.05) is 32.0 Å². The first kappa shape index (κ1) is 20.1. The van der Waals surface area contributed by atoms with Crippen molar-refractivity contribution in [1.82, 2.24) is 0 Å². The van der Waals surface area contributed by atoms with Gasteiger partial charge in [-0.15, -0.1) is 0 Å². The molecule has 7 heteroatoms. The highest BCUT2D eigenvalue weighted by Gasteiger charge is 2.30. The van der Waals surface area contributed by atoms with Gasteiger partial charge in [0.15, 0.2) is 9.84 Å². The number of carbonyl (C=O) groups excluding carboxylic acids is 1. The number of ether oxygens (including phenoxy) is 1. The van der Waals surface area contributed by atoms with Gasteiger partial charge in [0.2, 0.25) is 5.90 Å². The molecule has 1 unspecified atom stereocenters. The van der Waals surface area contributed by atoms with Crippen molar-refractivity contribution in [2.45, 2.75) is 37.5 Å². The average Bonchev–Trinajstić information content (AvgIpc) is 3.09. The van der Waals surface area contributed by atoms with Crippen molar-refractivity contribution < 1.29 is 22.8 Å². The number of hydrogen-bond acceptors (Lipinski definition) is 6. The molecule has 1 aliphatic heterocycles. The Morgan fingerprint density at radius 1 is 1.18 bits per heavy atom. The number of carbonyl (C=O) groups is 1. The first-order valence-electron chi connectivity index (χ1n) is 9.11. The lowest BCUT2D eigenvalue weighted by molar-refractivity contribution is -0.135. The molecule has 1 atom stereocenters. The van der Waals surface area contributed by atoms with Gasteiger partial charge in [-0.25, -0.2) is 8.42 Å². The van der Waals surface area contributed by atoms with E-state index in [2.05, 4.69) is 5.16 Å². The van der Waals surface area contributed by atoms with Gasteiger partial charge >= 0.3 is 5.97 Å². The van der Waals surface area contributed by atoms with Crippen LogP contribution in [-0.2, 0) is 24.2 Å². The molecule has 0 fully saturated rings. The molecule has 0 saturated heterocycles. The molecular formula is C21H23NO5S. The van der Waals surface area contributed by atoms with Crippen LogP contribution in [0.25, 0.3) is 11.1 Å². The van der Waals surface area contributed by atoms with Crippen LogP contribution in [0, 0.1) is 6.92 Å². The summed E-state index contributed by atoms with van der Waals surface area (Å²) in [6, 6.07) is 12.7. The fourth-order valence-electron chi connectivity index (χ4n) is 3.08. The molecule has 1 heterocycles. The fourth-order valence-corrected chi connectivity index (χ4v) is 3.72. The Balaban J connectivity index is 1.89. The minimum absolute atomic E-state index is 0.254. The summed E-state index contributed by atoms with van der Waals surface area (Å²) >= 11 is 0. The molecule has 0 spiro atoms. The maximum atomic E-state index is 11.9. The monoisotopic (exact) mass is 401 g/mol. The third kappa shape index (κ3) is 4.42. The van der Waals surface area contributed by atoms with Crippen molar-refractivity contribution in [2.24, 2.45) is 5.16 Å². The topological polar surface area (TPSA) is 82.0 Å². The molecule has 0 aromatic heterocycles. The second-order valence-electron chi connectivity index (χ2n) is 6.87. The molecule has 6 nitrogen and oxygen atoms in total. The molecule has 0 aliphatic carbocycles. The van der Waals surface area contributed by atoms with E-state index in [4.69, 9.17) is 9.57 Å². The van der Waals surface area contributed by atoms with Crippen LogP contribution in [0.3, 0.4) is 0 Å². The largest absolute Gasteiger partial charge is 0.407 e. The average molecular weight is 401 g/mol. The quantitative estimate of drug-likeness (QED) is 0.711. The van der Waals surface area contributed by atoms with Gasteiger partial charge in [0.1, 0.15) is 12.5 Å². The van der Waals surface area contributed by atoms with Crippen LogP contribution in [-0.4, -0.2) is 33.1 Å². The van der Waals surface area contributed by atoms with Gasteiger partial charge in [0, 0.05) is 12.7 Å². The second-order valence-corrected chi connectivity index (χ2v) is 8.89. The number of oxime groups is 1.